The van der Waals surface area contributed by atoms with Gasteiger partial charge >= 0.3 is 0 Å². The number of pyridine rings is 1. The fourth-order valence-corrected chi connectivity index (χ4v) is 2.90. The summed E-state index contributed by atoms with van der Waals surface area (Å²) in [4.78, 5) is 29.6. The van der Waals surface area contributed by atoms with E-state index in [-0.39, 0.29) is 11.3 Å². The van der Waals surface area contributed by atoms with Gasteiger partial charge in [-0.15, -0.1) is 0 Å². The van der Waals surface area contributed by atoms with E-state index in [9.17, 15) is 18.0 Å². The first kappa shape index (κ1) is 23.0. The molecule has 0 saturated carbocycles. The van der Waals surface area contributed by atoms with E-state index in [1.807, 2.05) is 12.1 Å². The summed E-state index contributed by atoms with van der Waals surface area (Å²) in [5.74, 6) is -0.232. The molecule has 1 saturated heterocycles. The van der Waals surface area contributed by atoms with Gasteiger partial charge < -0.3 is 15.0 Å². The summed E-state index contributed by atoms with van der Waals surface area (Å²) in [7, 11) is -3.67. The lowest BCUT2D eigenvalue weighted by Gasteiger charge is -2.26. The van der Waals surface area contributed by atoms with Crippen LogP contribution in [0.25, 0.3) is 10.9 Å². The maximum atomic E-state index is 12.2. The number of para-hydroxylation sites is 1. The van der Waals surface area contributed by atoms with Gasteiger partial charge in [0.2, 0.25) is 0 Å². The number of unbranched alkanes of at least 4 members (excludes halogenated alkanes) is 1. The number of hydrogen-bond acceptors (Lipinski definition) is 6. The highest BCUT2D eigenvalue weighted by molar-refractivity contribution is 7.85. The molecule has 0 bridgehead atoms. The normalized spacial score (nSPS) is 14.8. The van der Waals surface area contributed by atoms with E-state index in [4.69, 9.17) is 9.29 Å². The van der Waals surface area contributed by atoms with E-state index in [2.05, 4.69) is 15.2 Å². The molecular formula is C19H27N3O6S. The Morgan fingerprint density at radius 1 is 1.24 bits per heavy atom. The predicted octanol–water partition coefficient (Wildman–Crippen LogP) is 0.874. The minimum absolute atomic E-state index is 0.137. The number of nitrogens with zero attached hydrogens (tertiary/aromatic N) is 1. The van der Waals surface area contributed by atoms with Crippen LogP contribution in [0.5, 0.6) is 0 Å². The lowest BCUT2D eigenvalue weighted by atomic mass is 10.2. The zero-order chi connectivity index (χ0) is 21.3. The zero-order valence-corrected chi connectivity index (χ0v) is 17.2. The van der Waals surface area contributed by atoms with Gasteiger partial charge in [0.05, 0.1) is 19.5 Å². The maximum absolute atomic E-state index is 12.2. The van der Waals surface area contributed by atoms with Crippen LogP contribution in [0, 0.1) is 0 Å². The highest BCUT2D eigenvalue weighted by atomic mass is 32.2. The Labute approximate surface area is 169 Å². The Morgan fingerprint density at radius 2 is 1.90 bits per heavy atom. The number of benzene rings is 1. The maximum Gasteiger partial charge on any atom is 0.267 e. The Kier molecular flexibility index (Phi) is 8.77. The Hall–Kier alpha value is -2.27. The molecule has 0 aliphatic carbocycles. The average molecular weight is 426 g/mol. The van der Waals surface area contributed by atoms with E-state index >= 15 is 0 Å². The molecule has 1 aliphatic rings. The van der Waals surface area contributed by atoms with Crippen LogP contribution in [0.3, 0.4) is 0 Å². The highest BCUT2D eigenvalue weighted by Crippen LogP contribution is 2.07. The van der Waals surface area contributed by atoms with Crippen molar-refractivity contribution in [2.24, 2.45) is 0 Å². The van der Waals surface area contributed by atoms with Crippen molar-refractivity contribution < 1.29 is 22.5 Å². The van der Waals surface area contributed by atoms with Crippen molar-refractivity contribution in [1.82, 2.24) is 15.2 Å². The van der Waals surface area contributed by atoms with Crippen molar-refractivity contribution in [1.29, 1.82) is 0 Å². The lowest BCUT2D eigenvalue weighted by molar-refractivity contribution is 0.0372. The monoisotopic (exact) mass is 425 g/mol. The Bertz CT molecular complexity index is 959. The van der Waals surface area contributed by atoms with Crippen molar-refractivity contribution >= 4 is 26.9 Å². The van der Waals surface area contributed by atoms with Crippen LogP contribution in [-0.4, -0.2) is 74.4 Å². The van der Waals surface area contributed by atoms with Crippen molar-refractivity contribution in [3.8, 4) is 0 Å². The summed E-state index contributed by atoms with van der Waals surface area (Å²) >= 11 is 0. The third-order valence-electron chi connectivity index (χ3n) is 4.27. The van der Waals surface area contributed by atoms with Crippen molar-refractivity contribution in [2.45, 2.75) is 12.8 Å². The molecule has 1 amide bonds. The first-order valence-corrected chi connectivity index (χ1v) is 11.2. The molecule has 1 aromatic carbocycles. The number of rotatable bonds is 6. The molecule has 160 valence electrons. The van der Waals surface area contributed by atoms with E-state index in [0.29, 0.717) is 29.4 Å². The summed E-state index contributed by atoms with van der Waals surface area (Å²) in [5, 5.41) is 3.47. The third kappa shape index (κ3) is 8.73. The minimum atomic E-state index is -3.67. The number of morpholine rings is 1. The van der Waals surface area contributed by atoms with Crippen LogP contribution in [0.2, 0.25) is 0 Å². The number of hydrogen-bond donors (Lipinski definition) is 3. The number of H-pyrrole nitrogens is 1. The summed E-state index contributed by atoms with van der Waals surface area (Å²) in [6.07, 6.45) is 2.67. The number of fused-ring (bicyclic) bond motifs is 1. The summed E-state index contributed by atoms with van der Waals surface area (Å²) in [6.45, 7) is 5.25. The molecule has 0 atom stereocenters. The van der Waals surface area contributed by atoms with Gasteiger partial charge in [-0.3, -0.25) is 19.0 Å². The van der Waals surface area contributed by atoms with Gasteiger partial charge in [-0.25, -0.2) is 0 Å². The van der Waals surface area contributed by atoms with Crippen LogP contribution in [0.15, 0.2) is 35.1 Å². The summed E-state index contributed by atoms with van der Waals surface area (Å²) in [6, 6.07) is 8.57. The number of amides is 1. The largest absolute Gasteiger partial charge is 0.379 e. The molecule has 10 heteroatoms. The van der Waals surface area contributed by atoms with Crippen molar-refractivity contribution in [3.63, 3.8) is 0 Å². The third-order valence-corrected chi connectivity index (χ3v) is 4.27. The fraction of sp³-hybridized carbons (Fsp3) is 0.474. The second-order valence-corrected chi connectivity index (χ2v) is 8.21. The molecule has 2 heterocycles. The van der Waals surface area contributed by atoms with Crippen molar-refractivity contribution in [3.05, 3.63) is 46.2 Å². The molecule has 0 spiro atoms. The van der Waals surface area contributed by atoms with Gasteiger partial charge in [0.25, 0.3) is 16.0 Å². The number of aromatic nitrogens is 1. The second kappa shape index (κ2) is 11.1. The van der Waals surface area contributed by atoms with Gasteiger partial charge in [0.1, 0.15) is 5.69 Å². The minimum Gasteiger partial charge on any atom is -0.379 e. The van der Waals surface area contributed by atoms with Gasteiger partial charge in [0, 0.05) is 36.6 Å². The van der Waals surface area contributed by atoms with Gasteiger partial charge in [0.15, 0.2) is 5.43 Å². The number of aromatic amines is 1. The topological polar surface area (TPSA) is 129 Å². The summed E-state index contributed by atoms with van der Waals surface area (Å²) < 4.78 is 31.2. The molecule has 0 unspecified atom stereocenters. The average Bonchev–Trinajstić information content (AvgIpc) is 2.67. The SMILES string of the molecule is CS(=O)(=O)O.O=C(NCCCCN1CCOCC1)c1cc(=O)c2ccccc2[nH]1. The molecule has 9 nitrogen and oxygen atoms in total. The second-order valence-electron chi connectivity index (χ2n) is 6.74. The molecule has 2 aromatic rings. The number of ether oxygens (including phenoxy) is 1. The predicted molar refractivity (Wildman–Crippen MR) is 111 cm³/mol. The first-order valence-electron chi connectivity index (χ1n) is 9.37. The van der Waals surface area contributed by atoms with Gasteiger partial charge in [-0.05, 0) is 31.5 Å². The molecule has 3 rings (SSSR count). The van der Waals surface area contributed by atoms with E-state index in [1.165, 1.54) is 6.07 Å². The van der Waals surface area contributed by atoms with E-state index < -0.39 is 10.1 Å². The number of carbonyl (C=O) groups is 1. The zero-order valence-electron chi connectivity index (χ0n) is 16.4. The number of nitrogens with one attached hydrogen (secondary N) is 2. The smallest absolute Gasteiger partial charge is 0.267 e. The van der Waals surface area contributed by atoms with Crippen LogP contribution >= 0.6 is 0 Å². The van der Waals surface area contributed by atoms with Crippen molar-refractivity contribution in [2.75, 3.05) is 45.6 Å². The molecule has 3 N–H and O–H groups in total. The van der Waals surface area contributed by atoms with Gasteiger partial charge in [-0.1, -0.05) is 12.1 Å². The highest BCUT2D eigenvalue weighted by Gasteiger charge is 2.11. The van der Waals surface area contributed by atoms with Crippen LogP contribution in [0.4, 0.5) is 0 Å². The molecule has 29 heavy (non-hydrogen) atoms. The molecular weight excluding hydrogens is 398 g/mol. The standard InChI is InChI=1S/C18H23N3O3.CH4O3S/c22-17-13-16(20-15-6-2-1-5-14(15)17)18(23)19-7-3-4-8-21-9-11-24-12-10-21;1-5(2,3)4/h1-2,5-6,13H,3-4,7-12H2,(H,19,23)(H,20,22);1H3,(H,2,3,4). The molecule has 1 aromatic heterocycles. The molecule has 1 aliphatic heterocycles. The van der Waals surface area contributed by atoms with Gasteiger partial charge in [-0.2, -0.15) is 8.42 Å². The van der Waals surface area contributed by atoms with Crippen LogP contribution in [0.1, 0.15) is 23.3 Å². The lowest BCUT2D eigenvalue weighted by Crippen LogP contribution is -2.37. The van der Waals surface area contributed by atoms with Crippen LogP contribution < -0.4 is 10.7 Å². The summed E-state index contributed by atoms with van der Waals surface area (Å²) in [5.41, 5.74) is 0.858. The Morgan fingerprint density at radius 3 is 2.59 bits per heavy atom. The van der Waals surface area contributed by atoms with E-state index in [1.54, 1.807) is 12.1 Å². The fourth-order valence-electron chi connectivity index (χ4n) is 2.90. The molecule has 0 radical (unpaired) electrons. The van der Waals surface area contributed by atoms with E-state index in [0.717, 1.165) is 45.7 Å². The quantitative estimate of drug-likeness (QED) is 0.463. The first-order chi connectivity index (χ1) is 13.7. The van der Waals surface area contributed by atoms with Crippen LogP contribution in [-0.2, 0) is 14.9 Å². The molecule has 1 fully saturated rings. The Balaban J connectivity index is 0.000000537. The number of carbonyl (C=O) groups excluding carboxylic acids is 1.